The van der Waals surface area contributed by atoms with Crippen molar-refractivity contribution in [3.63, 3.8) is 0 Å². The van der Waals surface area contributed by atoms with E-state index in [9.17, 15) is 0 Å². The SMILES string of the molecule is C#CC(C)NCc1cccc(OC(C)C)c1. The van der Waals surface area contributed by atoms with Gasteiger partial charge in [0.25, 0.3) is 0 Å². The predicted molar refractivity (Wildman–Crippen MR) is 67.3 cm³/mol. The van der Waals surface area contributed by atoms with Crippen molar-refractivity contribution >= 4 is 0 Å². The van der Waals surface area contributed by atoms with Gasteiger partial charge in [-0.2, -0.15) is 0 Å². The number of hydrogen-bond acceptors (Lipinski definition) is 2. The average Bonchev–Trinajstić information content (AvgIpc) is 2.25. The third-order valence-corrected chi connectivity index (χ3v) is 2.13. The first-order chi connectivity index (χ1) is 7.61. The summed E-state index contributed by atoms with van der Waals surface area (Å²) in [6, 6.07) is 8.15. The van der Waals surface area contributed by atoms with E-state index >= 15 is 0 Å². The molecule has 16 heavy (non-hydrogen) atoms. The van der Waals surface area contributed by atoms with E-state index in [-0.39, 0.29) is 12.1 Å². The standard InChI is InChI=1S/C14H19NO/c1-5-12(4)15-10-13-7-6-8-14(9-13)16-11(2)3/h1,6-9,11-12,15H,10H2,2-4H3. The molecule has 0 saturated heterocycles. The number of rotatable bonds is 5. The maximum Gasteiger partial charge on any atom is 0.120 e. The van der Waals surface area contributed by atoms with Crippen LogP contribution in [0.4, 0.5) is 0 Å². The van der Waals surface area contributed by atoms with Crippen LogP contribution in [0.3, 0.4) is 0 Å². The predicted octanol–water partition coefficient (Wildman–Crippen LogP) is 2.59. The smallest absolute Gasteiger partial charge is 0.120 e. The quantitative estimate of drug-likeness (QED) is 0.765. The molecular weight excluding hydrogens is 198 g/mol. The molecule has 1 atom stereocenters. The Labute approximate surface area is 98.0 Å². The molecule has 0 aliphatic rings. The third kappa shape index (κ3) is 4.37. The largest absolute Gasteiger partial charge is 0.491 e. The summed E-state index contributed by atoms with van der Waals surface area (Å²) in [4.78, 5) is 0. The van der Waals surface area contributed by atoms with E-state index in [1.807, 2.05) is 39.0 Å². The molecule has 1 unspecified atom stereocenters. The second kappa shape index (κ2) is 6.19. The molecule has 1 rings (SSSR count). The van der Waals surface area contributed by atoms with E-state index in [2.05, 4.69) is 17.3 Å². The first kappa shape index (κ1) is 12.6. The zero-order chi connectivity index (χ0) is 12.0. The van der Waals surface area contributed by atoms with Crippen molar-refractivity contribution in [2.45, 2.75) is 39.5 Å². The lowest BCUT2D eigenvalue weighted by Crippen LogP contribution is -2.23. The van der Waals surface area contributed by atoms with Crippen LogP contribution in [0.1, 0.15) is 26.3 Å². The van der Waals surface area contributed by atoms with Gasteiger partial charge in [-0.25, -0.2) is 0 Å². The number of benzene rings is 1. The van der Waals surface area contributed by atoms with Gasteiger partial charge in [0.15, 0.2) is 0 Å². The maximum atomic E-state index is 5.62. The van der Waals surface area contributed by atoms with E-state index in [0.717, 1.165) is 12.3 Å². The van der Waals surface area contributed by atoms with Gasteiger partial charge in [-0.05, 0) is 38.5 Å². The third-order valence-electron chi connectivity index (χ3n) is 2.13. The minimum atomic E-state index is 0.0923. The van der Waals surface area contributed by atoms with Crippen molar-refractivity contribution in [2.24, 2.45) is 0 Å². The second-order valence-corrected chi connectivity index (χ2v) is 4.08. The highest BCUT2D eigenvalue weighted by atomic mass is 16.5. The number of terminal acetylenes is 1. The van der Waals surface area contributed by atoms with Crippen LogP contribution >= 0.6 is 0 Å². The molecule has 0 spiro atoms. The Bertz CT molecular complexity index is 365. The van der Waals surface area contributed by atoms with Crippen LogP contribution in [0.15, 0.2) is 24.3 Å². The van der Waals surface area contributed by atoms with Crippen molar-refractivity contribution in [2.75, 3.05) is 0 Å². The van der Waals surface area contributed by atoms with Crippen molar-refractivity contribution in [3.8, 4) is 18.1 Å². The Balaban J connectivity index is 2.57. The highest BCUT2D eigenvalue weighted by Crippen LogP contribution is 2.14. The van der Waals surface area contributed by atoms with Gasteiger partial charge in [0, 0.05) is 6.54 Å². The minimum Gasteiger partial charge on any atom is -0.491 e. The molecule has 2 nitrogen and oxygen atoms in total. The van der Waals surface area contributed by atoms with Gasteiger partial charge in [0.05, 0.1) is 12.1 Å². The minimum absolute atomic E-state index is 0.0923. The number of nitrogens with one attached hydrogen (secondary N) is 1. The first-order valence-corrected chi connectivity index (χ1v) is 5.57. The van der Waals surface area contributed by atoms with Crippen molar-refractivity contribution in [1.29, 1.82) is 0 Å². The lowest BCUT2D eigenvalue weighted by Gasteiger charge is -2.12. The highest BCUT2D eigenvalue weighted by Gasteiger charge is 2.00. The van der Waals surface area contributed by atoms with Gasteiger partial charge in [-0.3, -0.25) is 5.32 Å². The number of ether oxygens (including phenoxy) is 1. The molecule has 0 amide bonds. The lowest BCUT2D eigenvalue weighted by molar-refractivity contribution is 0.242. The van der Waals surface area contributed by atoms with Gasteiger partial charge in [0.2, 0.25) is 0 Å². The molecule has 0 aromatic heterocycles. The molecule has 0 bridgehead atoms. The second-order valence-electron chi connectivity index (χ2n) is 4.08. The molecule has 86 valence electrons. The molecule has 1 aromatic carbocycles. The van der Waals surface area contributed by atoms with Gasteiger partial charge < -0.3 is 4.74 Å². The summed E-state index contributed by atoms with van der Waals surface area (Å²) in [5.74, 6) is 3.54. The maximum absolute atomic E-state index is 5.62. The first-order valence-electron chi connectivity index (χ1n) is 5.57. The molecule has 0 saturated carbocycles. The fourth-order valence-corrected chi connectivity index (χ4v) is 1.33. The topological polar surface area (TPSA) is 21.3 Å². The van der Waals surface area contributed by atoms with Crippen molar-refractivity contribution < 1.29 is 4.74 Å². The van der Waals surface area contributed by atoms with Gasteiger partial charge in [-0.1, -0.05) is 18.1 Å². The van der Waals surface area contributed by atoms with E-state index in [0.29, 0.717) is 0 Å². The fraction of sp³-hybridized carbons (Fsp3) is 0.429. The van der Waals surface area contributed by atoms with Gasteiger partial charge in [-0.15, -0.1) is 6.42 Å². The molecule has 0 radical (unpaired) electrons. The summed E-state index contributed by atoms with van der Waals surface area (Å²) in [6.45, 7) is 6.77. The van der Waals surface area contributed by atoms with Gasteiger partial charge in [0.1, 0.15) is 5.75 Å². The Hall–Kier alpha value is -1.46. The Morgan fingerprint density at radius 1 is 1.38 bits per heavy atom. The summed E-state index contributed by atoms with van der Waals surface area (Å²) in [5, 5.41) is 3.24. The summed E-state index contributed by atoms with van der Waals surface area (Å²) in [5.41, 5.74) is 1.18. The Kier molecular flexibility index (Phi) is 4.88. The lowest BCUT2D eigenvalue weighted by atomic mass is 10.2. The van der Waals surface area contributed by atoms with Crippen molar-refractivity contribution in [3.05, 3.63) is 29.8 Å². The molecule has 1 N–H and O–H groups in total. The zero-order valence-electron chi connectivity index (χ0n) is 10.2. The summed E-state index contributed by atoms with van der Waals surface area (Å²) < 4.78 is 5.62. The van der Waals surface area contributed by atoms with Crippen LogP contribution in [0.5, 0.6) is 5.75 Å². The summed E-state index contributed by atoms with van der Waals surface area (Å²) in [7, 11) is 0. The van der Waals surface area contributed by atoms with E-state index in [1.165, 1.54) is 5.56 Å². The fourth-order valence-electron chi connectivity index (χ4n) is 1.33. The summed E-state index contributed by atoms with van der Waals surface area (Å²) in [6.07, 6.45) is 5.50. The summed E-state index contributed by atoms with van der Waals surface area (Å²) >= 11 is 0. The Morgan fingerprint density at radius 3 is 2.75 bits per heavy atom. The monoisotopic (exact) mass is 217 g/mol. The van der Waals surface area contributed by atoms with Crippen LogP contribution in [0.2, 0.25) is 0 Å². The highest BCUT2D eigenvalue weighted by molar-refractivity contribution is 5.28. The molecule has 1 aromatic rings. The van der Waals surface area contributed by atoms with E-state index in [1.54, 1.807) is 0 Å². The normalized spacial score (nSPS) is 12.2. The van der Waals surface area contributed by atoms with Crippen LogP contribution in [-0.2, 0) is 6.54 Å². The molecule has 0 heterocycles. The average molecular weight is 217 g/mol. The van der Waals surface area contributed by atoms with Crippen LogP contribution in [0, 0.1) is 12.3 Å². The molecule has 0 aliphatic heterocycles. The van der Waals surface area contributed by atoms with E-state index in [4.69, 9.17) is 11.2 Å². The van der Waals surface area contributed by atoms with Crippen molar-refractivity contribution in [1.82, 2.24) is 5.32 Å². The molecular formula is C14H19NO. The van der Waals surface area contributed by atoms with Crippen LogP contribution < -0.4 is 10.1 Å². The van der Waals surface area contributed by atoms with E-state index < -0.39 is 0 Å². The van der Waals surface area contributed by atoms with Crippen LogP contribution in [0.25, 0.3) is 0 Å². The molecule has 2 heteroatoms. The molecule has 0 aliphatic carbocycles. The Morgan fingerprint density at radius 2 is 2.12 bits per heavy atom. The zero-order valence-corrected chi connectivity index (χ0v) is 10.2. The molecule has 0 fully saturated rings. The van der Waals surface area contributed by atoms with Crippen LogP contribution in [-0.4, -0.2) is 12.1 Å². The number of hydrogen-bond donors (Lipinski definition) is 1. The van der Waals surface area contributed by atoms with Gasteiger partial charge >= 0.3 is 0 Å².